The Balaban J connectivity index is -0.000000117. The van der Waals surface area contributed by atoms with E-state index in [1.807, 2.05) is 0 Å². The Morgan fingerprint density at radius 1 is 0.203 bits per heavy atom. The van der Waals surface area contributed by atoms with Gasteiger partial charge in [0.25, 0.3) is 0 Å². The van der Waals surface area contributed by atoms with Gasteiger partial charge in [-0.15, -0.1) is 0 Å². The maximum Gasteiger partial charge on any atom is 3.00 e. The van der Waals surface area contributed by atoms with Crippen LogP contribution in [0, 0.1) is 32.5 Å². The maximum absolute atomic E-state index is 10.0. The average Bonchev–Trinajstić information content (AvgIpc) is 3.15. The maximum atomic E-state index is 10.0. The number of hydrogen-bond acceptors (Lipinski definition) is 12. The topological polar surface area (TPSA) is 241 Å². The zero-order chi connectivity index (χ0) is 57.7. The van der Waals surface area contributed by atoms with Crippen molar-refractivity contribution in [3.8, 4) is 0 Å². The third-order valence-corrected chi connectivity index (χ3v) is 10.8. The van der Waals surface area contributed by atoms with E-state index in [2.05, 4.69) is 125 Å². The molecule has 0 saturated carbocycles. The average molecular weight is 1450 g/mol. The largest absolute Gasteiger partial charge is 3.00 e. The number of unbranched alkanes of at least 4 members (excludes halogenated alkanes) is 12. The monoisotopic (exact) mass is 1440 g/mol. The Morgan fingerprint density at radius 2 is 0.297 bits per heavy atom. The molecule has 0 aromatic carbocycles. The van der Waals surface area contributed by atoms with E-state index in [9.17, 15) is 59.4 Å². The van der Waals surface area contributed by atoms with Crippen LogP contribution in [-0.2, 0) is 28.8 Å². The molecule has 0 atom stereocenters. The Morgan fingerprint density at radius 3 is 0.365 bits per heavy atom. The summed E-state index contributed by atoms with van der Waals surface area (Å²) in [6.07, 6.45) is 25.6. The second-order valence-corrected chi connectivity index (χ2v) is 27.0. The molecule has 0 saturated heterocycles. The molecule has 14 heteroatoms. The SMILES string of the molecule is CC(C)(C)CCCCCC(=O)[O-].CC(C)(C)CCCCCC(=O)[O-].CC(C)(C)CCCCCC(=O)[O-].CC(C)(C)CCCCCC(=O)[O-].CC(C)(C)CCCCCC(=O)[O-].CC(C)(C)CCCCCC(=O)[O-].[Bi+3].[Bi+3]. The zero-order valence-corrected chi connectivity index (χ0v) is 58.0. The first-order valence-corrected chi connectivity index (χ1v) is 27.7. The van der Waals surface area contributed by atoms with Crippen molar-refractivity contribution in [2.24, 2.45) is 32.5 Å². The summed E-state index contributed by atoms with van der Waals surface area (Å²) in [4.78, 5) is 60.3. The van der Waals surface area contributed by atoms with Gasteiger partial charge in [-0.1, -0.05) is 202 Å². The molecule has 12 nitrogen and oxygen atoms in total. The molecule has 0 aliphatic heterocycles. The van der Waals surface area contributed by atoms with Crippen LogP contribution >= 0.6 is 0 Å². The van der Waals surface area contributed by atoms with Crippen LogP contribution < -0.4 is 30.6 Å². The van der Waals surface area contributed by atoms with Crippen molar-refractivity contribution in [2.75, 3.05) is 0 Å². The van der Waals surface area contributed by atoms with E-state index in [4.69, 9.17) is 0 Å². The smallest absolute Gasteiger partial charge is 0.550 e. The number of carbonyl (C=O) groups excluding carboxylic acids is 6. The van der Waals surface area contributed by atoms with Crippen molar-refractivity contribution in [3.05, 3.63) is 0 Å². The third-order valence-electron chi connectivity index (χ3n) is 10.8. The minimum Gasteiger partial charge on any atom is -0.550 e. The van der Waals surface area contributed by atoms with Gasteiger partial charge in [-0.3, -0.25) is 0 Å². The van der Waals surface area contributed by atoms with Gasteiger partial charge in [0.1, 0.15) is 0 Å². The van der Waals surface area contributed by atoms with Crippen LogP contribution in [0.1, 0.15) is 317 Å². The number of aliphatic carboxylic acids is 6. The number of carboxylic acids is 6. The van der Waals surface area contributed by atoms with Crippen LogP contribution in [0.5, 0.6) is 0 Å². The van der Waals surface area contributed by atoms with E-state index in [1.165, 1.54) is 38.5 Å². The first-order chi connectivity index (χ1) is 32.5. The van der Waals surface area contributed by atoms with E-state index in [-0.39, 0.29) is 90.9 Å². The Labute approximate surface area is 494 Å². The number of hydrogen-bond donors (Lipinski definition) is 0. The molecule has 0 unspecified atom stereocenters. The van der Waals surface area contributed by atoms with Gasteiger partial charge < -0.3 is 59.4 Å². The summed E-state index contributed by atoms with van der Waals surface area (Å²) < 4.78 is 0. The van der Waals surface area contributed by atoms with Gasteiger partial charge in [-0.25, -0.2) is 0 Å². The summed E-state index contributed by atoms with van der Waals surface area (Å²) in [5.41, 5.74) is 2.26. The number of carbonyl (C=O) groups is 6. The van der Waals surface area contributed by atoms with Crippen molar-refractivity contribution in [3.63, 3.8) is 0 Å². The van der Waals surface area contributed by atoms with Crippen LogP contribution in [0.2, 0.25) is 0 Å². The molecule has 0 aliphatic rings. The van der Waals surface area contributed by atoms with Gasteiger partial charge in [-0.2, -0.15) is 0 Å². The molecule has 0 aliphatic carbocycles. The van der Waals surface area contributed by atoms with Crippen LogP contribution in [-0.4, -0.2) is 88.2 Å². The molecule has 4 radical (unpaired) electrons. The van der Waals surface area contributed by atoms with E-state index in [0.29, 0.717) is 32.5 Å². The van der Waals surface area contributed by atoms with Gasteiger partial charge in [0.05, 0.1) is 0 Å². The summed E-state index contributed by atoms with van der Waals surface area (Å²) in [7, 11) is 0. The minimum atomic E-state index is -0.925. The van der Waals surface area contributed by atoms with Crippen molar-refractivity contribution >= 4 is 88.2 Å². The van der Waals surface area contributed by atoms with Gasteiger partial charge in [0.2, 0.25) is 0 Å². The molecule has 0 N–H and O–H groups in total. The molecule has 0 fully saturated rings. The first kappa shape index (κ1) is 89.2. The fourth-order valence-electron chi connectivity index (χ4n) is 6.61. The summed E-state index contributed by atoms with van der Waals surface area (Å²) in [6.45, 7) is 39.6. The molecule has 0 bridgehead atoms. The second-order valence-electron chi connectivity index (χ2n) is 27.0. The molecule has 436 valence electrons. The van der Waals surface area contributed by atoms with Crippen molar-refractivity contribution in [2.45, 2.75) is 317 Å². The molecular formula is C60H114Bi2O12. The van der Waals surface area contributed by atoms with Gasteiger partial charge in [0, 0.05) is 35.8 Å². The molecular weight excluding hydrogens is 1330 g/mol. The van der Waals surface area contributed by atoms with Crippen LogP contribution in [0.25, 0.3) is 0 Å². The van der Waals surface area contributed by atoms with Crippen molar-refractivity contribution < 1.29 is 59.4 Å². The third kappa shape index (κ3) is 124. The summed E-state index contributed by atoms with van der Waals surface area (Å²) in [5, 5.41) is 60.3. The van der Waals surface area contributed by atoms with Crippen molar-refractivity contribution in [1.82, 2.24) is 0 Å². The van der Waals surface area contributed by atoms with Gasteiger partial charge in [0.15, 0.2) is 0 Å². The van der Waals surface area contributed by atoms with E-state index < -0.39 is 35.8 Å². The predicted molar refractivity (Wildman–Crippen MR) is 297 cm³/mol. The molecule has 0 rings (SSSR count). The predicted octanol–water partition coefficient (Wildman–Crippen LogP) is 9.64. The second kappa shape index (κ2) is 52.3. The standard InChI is InChI=1S/6C10H20O2.2Bi/c6*1-10(2,3)8-6-4-5-7-9(11)12;;/h6*4-8H2,1-3H3,(H,11,12);;/q;;;;;;2*+3/p-6. The van der Waals surface area contributed by atoms with E-state index >= 15 is 0 Å². The fourth-order valence-corrected chi connectivity index (χ4v) is 6.61. The molecule has 74 heavy (non-hydrogen) atoms. The number of carboxylic acid groups (broad SMARTS) is 6. The van der Waals surface area contributed by atoms with Crippen molar-refractivity contribution in [1.29, 1.82) is 0 Å². The first-order valence-electron chi connectivity index (χ1n) is 27.7. The Hall–Kier alpha value is -1.41. The fraction of sp³-hybridized carbons (Fsp3) is 0.900. The van der Waals surface area contributed by atoms with Crippen LogP contribution in [0.15, 0.2) is 0 Å². The van der Waals surface area contributed by atoms with E-state index in [1.54, 1.807) is 0 Å². The summed E-state index contributed by atoms with van der Waals surface area (Å²) in [6, 6.07) is 0. The summed E-state index contributed by atoms with van der Waals surface area (Å²) in [5.74, 6) is -5.55. The van der Waals surface area contributed by atoms with Crippen LogP contribution in [0.3, 0.4) is 0 Å². The molecule has 0 spiro atoms. The molecule has 0 aromatic rings. The minimum absolute atomic E-state index is 0. The Kier molecular flexibility index (Phi) is 63.0. The van der Waals surface area contributed by atoms with E-state index in [0.717, 1.165) is 116 Å². The van der Waals surface area contributed by atoms with Crippen LogP contribution in [0.4, 0.5) is 0 Å². The Bertz CT molecular complexity index is 1080. The molecule has 0 aromatic heterocycles. The normalized spacial score (nSPS) is 11.3. The number of rotatable bonds is 30. The van der Waals surface area contributed by atoms with Gasteiger partial charge >= 0.3 is 52.4 Å². The molecule has 0 amide bonds. The molecule has 0 heterocycles. The zero-order valence-electron chi connectivity index (χ0n) is 51.0. The van der Waals surface area contributed by atoms with Gasteiger partial charge in [-0.05, 0) is 148 Å². The summed E-state index contributed by atoms with van der Waals surface area (Å²) >= 11 is 0. The quantitative estimate of drug-likeness (QED) is 0.0482.